The molecule has 0 radical (unpaired) electrons. The summed E-state index contributed by atoms with van der Waals surface area (Å²) in [6.07, 6.45) is 0. The lowest BCUT2D eigenvalue weighted by atomic mass is 10.2. The minimum absolute atomic E-state index is 0.510. The molecular weight excluding hydrogens is 262 g/mol. The summed E-state index contributed by atoms with van der Waals surface area (Å²) in [7, 11) is 3.19. The highest BCUT2D eigenvalue weighted by molar-refractivity contribution is 6.33. The summed E-state index contributed by atoms with van der Waals surface area (Å²) in [4.78, 5) is 4.44. The van der Waals surface area contributed by atoms with Crippen LogP contribution in [0.5, 0.6) is 5.75 Å². The van der Waals surface area contributed by atoms with Gasteiger partial charge in [0.2, 0.25) is 5.90 Å². The fraction of sp³-hybridized carbons (Fsp3) is 0.133. The molecule has 0 unspecified atom stereocenters. The highest BCUT2D eigenvalue weighted by Crippen LogP contribution is 2.29. The molecule has 2 aromatic rings. The van der Waals surface area contributed by atoms with E-state index in [1.165, 1.54) is 0 Å². The number of hydrogen-bond donors (Lipinski definition) is 0. The summed E-state index contributed by atoms with van der Waals surface area (Å²) in [6, 6.07) is 15.0. The van der Waals surface area contributed by atoms with Crippen LogP contribution in [0.15, 0.2) is 53.5 Å². The number of nitrogens with zero attached hydrogens (tertiary/aromatic N) is 1. The first kappa shape index (κ1) is 13.4. The van der Waals surface area contributed by atoms with Crippen LogP contribution in [0, 0.1) is 0 Å². The largest absolute Gasteiger partial charge is 0.497 e. The van der Waals surface area contributed by atoms with Crippen molar-refractivity contribution in [3.63, 3.8) is 0 Å². The first-order valence-electron chi connectivity index (χ1n) is 5.76. The molecule has 98 valence electrons. The topological polar surface area (TPSA) is 30.8 Å². The molecule has 0 aliphatic heterocycles. The Labute approximate surface area is 117 Å². The van der Waals surface area contributed by atoms with Gasteiger partial charge in [-0.2, -0.15) is 0 Å². The number of rotatable bonds is 3. The lowest BCUT2D eigenvalue weighted by Crippen LogP contribution is -2.02. The minimum atomic E-state index is 0.510. The van der Waals surface area contributed by atoms with Crippen molar-refractivity contribution in [1.29, 1.82) is 0 Å². The average Bonchev–Trinajstić information content (AvgIpc) is 2.47. The molecule has 0 N–H and O–H groups in total. The van der Waals surface area contributed by atoms with Crippen LogP contribution in [0.25, 0.3) is 0 Å². The van der Waals surface area contributed by atoms with Gasteiger partial charge in [0.1, 0.15) is 5.75 Å². The van der Waals surface area contributed by atoms with Gasteiger partial charge in [0.15, 0.2) is 0 Å². The molecule has 0 atom stereocenters. The Morgan fingerprint density at radius 1 is 1.05 bits per heavy atom. The van der Waals surface area contributed by atoms with Crippen LogP contribution in [-0.4, -0.2) is 20.1 Å². The van der Waals surface area contributed by atoms with Gasteiger partial charge < -0.3 is 9.47 Å². The number of benzene rings is 2. The molecule has 3 nitrogen and oxygen atoms in total. The Morgan fingerprint density at radius 3 is 2.42 bits per heavy atom. The van der Waals surface area contributed by atoms with Crippen molar-refractivity contribution < 1.29 is 9.47 Å². The van der Waals surface area contributed by atoms with E-state index >= 15 is 0 Å². The second kappa shape index (κ2) is 6.25. The van der Waals surface area contributed by atoms with Gasteiger partial charge in [0, 0.05) is 11.6 Å². The van der Waals surface area contributed by atoms with E-state index in [2.05, 4.69) is 4.99 Å². The van der Waals surface area contributed by atoms with E-state index in [4.69, 9.17) is 21.1 Å². The third-order valence-corrected chi connectivity index (χ3v) is 2.91. The Morgan fingerprint density at radius 2 is 1.79 bits per heavy atom. The molecule has 0 aliphatic carbocycles. The molecule has 4 heteroatoms. The zero-order valence-corrected chi connectivity index (χ0v) is 11.5. The molecule has 2 aromatic carbocycles. The third-order valence-electron chi connectivity index (χ3n) is 2.59. The molecule has 0 fully saturated rings. The van der Waals surface area contributed by atoms with Crippen molar-refractivity contribution in [2.75, 3.05) is 14.2 Å². The quantitative estimate of drug-likeness (QED) is 0.624. The van der Waals surface area contributed by atoms with E-state index in [0.717, 1.165) is 5.56 Å². The molecule has 0 aliphatic rings. The zero-order chi connectivity index (χ0) is 13.7. The SMILES string of the molecule is COC(=Nc1cc(OC)ccc1Cl)c1ccccc1. The number of aliphatic imine (C=N–C) groups is 1. The number of methoxy groups -OCH3 is 2. The molecule has 19 heavy (non-hydrogen) atoms. The first-order valence-corrected chi connectivity index (χ1v) is 6.14. The predicted octanol–water partition coefficient (Wildman–Crippen LogP) is 4.07. The molecule has 0 spiro atoms. The average molecular weight is 276 g/mol. The number of ether oxygens (including phenoxy) is 2. The summed E-state index contributed by atoms with van der Waals surface area (Å²) in [5, 5.41) is 0.547. The summed E-state index contributed by atoms with van der Waals surface area (Å²) in [5.41, 5.74) is 1.51. The Bertz CT molecular complexity index is 582. The highest BCUT2D eigenvalue weighted by atomic mass is 35.5. The van der Waals surface area contributed by atoms with Gasteiger partial charge in [0.25, 0.3) is 0 Å². The van der Waals surface area contributed by atoms with Crippen LogP contribution in [0.1, 0.15) is 5.56 Å². The van der Waals surface area contributed by atoms with Crippen LogP contribution < -0.4 is 4.74 Å². The maximum atomic E-state index is 6.12. The molecule has 0 heterocycles. The van der Waals surface area contributed by atoms with Gasteiger partial charge in [-0.15, -0.1) is 0 Å². The standard InChI is InChI=1S/C15H14ClNO2/c1-18-12-8-9-13(16)14(10-12)17-15(19-2)11-6-4-3-5-7-11/h3-10H,1-2H3. The van der Waals surface area contributed by atoms with Crippen LogP contribution in [0.3, 0.4) is 0 Å². The molecule has 2 rings (SSSR count). The van der Waals surface area contributed by atoms with Gasteiger partial charge in [-0.1, -0.05) is 29.8 Å². The van der Waals surface area contributed by atoms with Crippen LogP contribution in [-0.2, 0) is 4.74 Å². The third kappa shape index (κ3) is 3.26. The van der Waals surface area contributed by atoms with Crippen LogP contribution in [0.2, 0.25) is 5.02 Å². The van der Waals surface area contributed by atoms with Crippen molar-refractivity contribution in [3.05, 3.63) is 59.1 Å². The maximum Gasteiger partial charge on any atom is 0.221 e. The van der Waals surface area contributed by atoms with Gasteiger partial charge in [-0.25, -0.2) is 4.99 Å². The van der Waals surface area contributed by atoms with Crippen molar-refractivity contribution in [3.8, 4) is 5.75 Å². The smallest absolute Gasteiger partial charge is 0.221 e. The normalized spacial score (nSPS) is 11.2. The van der Waals surface area contributed by atoms with Crippen LogP contribution in [0.4, 0.5) is 5.69 Å². The second-order valence-electron chi connectivity index (χ2n) is 3.80. The lowest BCUT2D eigenvalue weighted by molar-refractivity contribution is 0.404. The van der Waals surface area contributed by atoms with Crippen molar-refractivity contribution in [1.82, 2.24) is 0 Å². The molecule has 0 aromatic heterocycles. The summed E-state index contributed by atoms with van der Waals surface area (Å²) in [6.45, 7) is 0. The molecule has 0 bridgehead atoms. The van der Waals surface area contributed by atoms with E-state index in [0.29, 0.717) is 22.4 Å². The fourth-order valence-corrected chi connectivity index (χ4v) is 1.78. The van der Waals surface area contributed by atoms with Gasteiger partial charge >= 0.3 is 0 Å². The summed E-state index contributed by atoms with van der Waals surface area (Å²) < 4.78 is 10.5. The zero-order valence-electron chi connectivity index (χ0n) is 10.8. The van der Waals surface area contributed by atoms with Crippen molar-refractivity contribution >= 4 is 23.2 Å². The van der Waals surface area contributed by atoms with Crippen LogP contribution >= 0.6 is 11.6 Å². The van der Waals surface area contributed by atoms with E-state index < -0.39 is 0 Å². The second-order valence-corrected chi connectivity index (χ2v) is 4.21. The maximum absolute atomic E-state index is 6.12. The lowest BCUT2D eigenvalue weighted by Gasteiger charge is -2.07. The summed E-state index contributed by atoms with van der Waals surface area (Å²) >= 11 is 6.12. The Hall–Kier alpha value is -2.00. The minimum Gasteiger partial charge on any atom is -0.497 e. The molecule has 0 saturated carbocycles. The monoisotopic (exact) mass is 275 g/mol. The van der Waals surface area contributed by atoms with E-state index in [-0.39, 0.29) is 0 Å². The van der Waals surface area contributed by atoms with Crippen molar-refractivity contribution in [2.24, 2.45) is 4.99 Å². The number of hydrogen-bond acceptors (Lipinski definition) is 3. The van der Waals surface area contributed by atoms with Gasteiger partial charge in [0.05, 0.1) is 24.9 Å². The van der Waals surface area contributed by atoms with Crippen molar-refractivity contribution in [2.45, 2.75) is 0 Å². The Kier molecular flexibility index (Phi) is 4.42. The molecule has 0 amide bonds. The molecular formula is C15H14ClNO2. The van der Waals surface area contributed by atoms with E-state index in [1.807, 2.05) is 30.3 Å². The summed E-state index contributed by atoms with van der Waals surface area (Å²) in [5.74, 6) is 1.21. The van der Waals surface area contributed by atoms with Gasteiger partial charge in [-0.3, -0.25) is 0 Å². The Balaban J connectivity index is 2.43. The fourth-order valence-electron chi connectivity index (χ4n) is 1.62. The molecule has 0 saturated heterocycles. The predicted molar refractivity (Wildman–Crippen MR) is 77.7 cm³/mol. The van der Waals surface area contributed by atoms with E-state index in [1.54, 1.807) is 32.4 Å². The van der Waals surface area contributed by atoms with E-state index in [9.17, 15) is 0 Å². The number of halogens is 1. The highest BCUT2D eigenvalue weighted by Gasteiger charge is 2.06. The van der Waals surface area contributed by atoms with Gasteiger partial charge in [-0.05, 0) is 24.3 Å². The first-order chi connectivity index (χ1) is 9.24.